The molecule has 5 nitrogen and oxygen atoms in total. The molecule has 114 valence electrons. The molecule has 0 aliphatic rings. The number of anilines is 1. The minimum Gasteiger partial charge on any atom is -0.327 e. The highest BCUT2D eigenvalue weighted by atomic mass is 32.2. The lowest BCUT2D eigenvalue weighted by Gasteiger charge is -2.08. The normalized spacial score (nSPS) is 11.8. The van der Waals surface area contributed by atoms with E-state index in [9.17, 15) is 8.42 Å². The van der Waals surface area contributed by atoms with Gasteiger partial charge in [-0.3, -0.25) is 4.72 Å². The fourth-order valence-corrected chi connectivity index (χ4v) is 3.59. The van der Waals surface area contributed by atoms with E-state index < -0.39 is 10.0 Å². The first kappa shape index (κ1) is 13.8. The number of nitrogens with one attached hydrogen (secondary N) is 2. The Balaban J connectivity index is 1.79. The molecule has 0 bridgehead atoms. The third-order valence-corrected chi connectivity index (χ3v) is 4.85. The summed E-state index contributed by atoms with van der Waals surface area (Å²) in [5, 5.41) is 1.72. The maximum absolute atomic E-state index is 12.6. The highest BCUT2D eigenvalue weighted by Gasteiger charge is 2.19. The standard InChI is InChI=1S/C17H13N3O2S/c21-23(22,17-18-15-9-3-4-10-16(15)19-17)20-14-11-5-7-12-6-1-2-8-13(12)14/h1-11,20H,(H,18,19). The van der Waals surface area contributed by atoms with Crippen LogP contribution in [0.1, 0.15) is 0 Å². The summed E-state index contributed by atoms with van der Waals surface area (Å²) >= 11 is 0. The number of sulfonamides is 1. The Morgan fingerprint density at radius 1 is 0.870 bits per heavy atom. The van der Waals surface area contributed by atoms with Crippen molar-refractivity contribution in [2.24, 2.45) is 0 Å². The molecule has 23 heavy (non-hydrogen) atoms. The third-order valence-electron chi connectivity index (χ3n) is 3.66. The maximum Gasteiger partial charge on any atom is 0.295 e. The van der Waals surface area contributed by atoms with E-state index in [0.717, 1.165) is 10.8 Å². The molecule has 0 spiro atoms. The van der Waals surface area contributed by atoms with Gasteiger partial charge in [0.05, 0.1) is 16.7 Å². The van der Waals surface area contributed by atoms with Gasteiger partial charge in [0, 0.05) is 5.39 Å². The number of rotatable bonds is 3. The molecule has 0 aliphatic heterocycles. The summed E-state index contributed by atoms with van der Waals surface area (Å²) in [6, 6.07) is 20.3. The lowest BCUT2D eigenvalue weighted by atomic mass is 10.1. The van der Waals surface area contributed by atoms with Crippen molar-refractivity contribution in [3.63, 3.8) is 0 Å². The summed E-state index contributed by atoms with van der Waals surface area (Å²) in [6.07, 6.45) is 0. The van der Waals surface area contributed by atoms with E-state index in [1.807, 2.05) is 48.5 Å². The van der Waals surface area contributed by atoms with Crippen LogP contribution in [0.5, 0.6) is 0 Å². The molecular weight excluding hydrogens is 310 g/mol. The molecule has 0 saturated heterocycles. The molecule has 0 atom stereocenters. The second-order valence-corrected chi connectivity index (χ2v) is 6.79. The first-order valence-electron chi connectivity index (χ1n) is 7.09. The van der Waals surface area contributed by atoms with Gasteiger partial charge in [0.2, 0.25) is 5.16 Å². The number of para-hydroxylation sites is 2. The van der Waals surface area contributed by atoms with Gasteiger partial charge in [-0.15, -0.1) is 0 Å². The molecule has 4 aromatic rings. The van der Waals surface area contributed by atoms with Gasteiger partial charge in [-0.05, 0) is 23.6 Å². The highest BCUT2D eigenvalue weighted by Crippen LogP contribution is 2.25. The number of aromatic amines is 1. The van der Waals surface area contributed by atoms with Crippen LogP contribution >= 0.6 is 0 Å². The van der Waals surface area contributed by atoms with Crippen LogP contribution in [0.15, 0.2) is 71.9 Å². The average molecular weight is 323 g/mol. The number of fused-ring (bicyclic) bond motifs is 2. The number of H-pyrrole nitrogens is 1. The molecule has 1 heterocycles. The number of hydrogen-bond acceptors (Lipinski definition) is 3. The van der Waals surface area contributed by atoms with Crippen LogP contribution in [-0.4, -0.2) is 18.4 Å². The van der Waals surface area contributed by atoms with Crippen molar-refractivity contribution in [2.75, 3.05) is 4.72 Å². The van der Waals surface area contributed by atoms with Gasteiger partial charge in [0.25, 0.3) is 10.0 Å². The fourth-order valence-electron chi connectivity index (χ4n) is 2.56. The molecule has 0 unspecified atom stereocenters. The van der Waals surface area contributed by atoms with Crippen molar-refractivity contribution in [3.8, 4) is 0 Å². The number of aromatic nitrogens is 2. The molecular formula is C17H13N3O2S. The Labute approximate surface area is 133 Å². The summed E-state index contributed by atoms with van der Waals surface area (Å²) in [5.74, 6) is 0. The Bertz CT molecular complexity index is 1080. The maximum atomic E-state index is 12.6. The number of benzene rings is 3. The zero-order valence-corrected chi connectivity index (χ0v) is 12.8. The van der Waals surface area contributed by atoms with E-state index in [2.05, 4.69) is 14.7 Å². The van der Waals surface area contributed by atoms with E-state index >= 15 is 0 Å². The van der Waals surface area contributed by atoms with E-state index in [0.29, 0.717) is 16.7 Å². The topological polar surface area (TPSA) is 74.8 Å². The predicted octanol–water partition coefficient (Wildman–Crippen LogP) is 3.52. The summed E-state index contributed by atoms with van der Waals surface area (Å²) in [7, 11) is -3.78. The molecule has 0 fully saturated rings. The van der Waals surface area contributed by atoms with Gasteiger partial charge >= 0.3 is 0 Å². The zero-order chi connectivity index (χ0) is 15.9. The van der Waals surface area contributed by atoms with Crippen LogP contribution in [0.4, 0.5) is 5.69 Å². The van der Waals surface area contributed by atoms with Crippen molar-refractivity contribution in [3.05, 3.63) is 66.7 Å². The minimum absolute atomic E-state index is 0.0911. The Kier molecular flexibility index (Phi) is 3.06. The molecule has 6 heteroatoms. The second-order valence-electron chi connectivity index (χ2n) is 5.19. The van der Waals surface area contributed by atoms with Crippen molar-refractivity contribution in [1.82, 2.24) is 9.97 Å². The Morgan fingerprint density at radius 3 is 2.48 bits per heavy atom. The molecule has 3 aromatic carbocycles. The highest BCUT2D eigenvalue weighted by molar-refractivity contribution is 7.92. The van der Waals surface area contributed by atoms with Crippen molar-refractivity contribution in [2.45, 2.75) is 5.16 Å². The van der Waals surface area contributed by atoms with Crippen LogP contribution in [0.25, 0.3) is 21.8 Å². The van der Waals surface area contributed by atoms with Gasteiger partial charge < -0.3 is 4.98 Å². The van der Waals surface area contributed by atoms with Crippen LogP contribution in [0.3, 0.4) is 0 Å². The van der Waals surface area contributed by atoms with E-state index in [1.165, 1.54) is 0 Å². The molecule has 0 saturated carbocycles. The third kappa shape index (κ3) is 2.43. The molecule has 2 N–H and O–H groups in total. The fraction of sp³-hybridized carbons (Fsp3) is 0. The van der Waals surface area contributed by atoms with Crippen LogP contribution < -0.4 is 4.72 Å². The first-order chi connectivity index (χ1) is 11.1. The average Bonchev–Trinajstić information content (AvgIpc) is 3.00. The van der Waals surface area contributed by atoms with E-state index in [-0.39, 0.29) is 5.16 Å². The zero-order valence-electron chi connectivity index (χ0n) is 12.0. The van der Waals surface area contributed by atoms with Crippen LogP contribution in [-0.2, 0) is 10.0 Å². The Morgan fingerprint density at radius 2 is 1.61 bits per heavy atom. The van der Waals surface area contributed by atoms with Crippen LogP contribution in [0.2, 0.25) is 0 Å². The monoisotopic (exact) mass is 323 g/mol. The first-order valence-corrected chi connectivity index (χ1v) is 8.57. The molecule has 0 radical (unpaired) electrons. The Hall–Kier alpha value is -2.86. The summed E-state index contributed by atoms with van der Waals surface area (Å²) < 4.78 is 27.8. The van der Waals surface area contributed by atoms with E-state index in [4.69, 9.17) is 0 Å². The van der Waals surface area contributed by atoms with Crippen LogP contribution in [0, 0.1) is 0 Å². The van der Waals surface area contributed by atoms with E-state index in [1.54, 1.807) is 18.2 Å². The van der Waals surface area contributed by atoms with Gasteiger partial charge in [-0.25, -0.2) is 4.98 Å². The number of hydrogen-bond donors (Lipinski definition) is 2. The van der Waals surface area contributed by atoms with Gasteiger partial charge in [0.15, 0.2) is 0 Å². The number of imidazole rings is 1. The number of nitrogens with zero attached hydrogens (tertiary/aromatic N) is 1. The van der Waals surface area contributed by atoms with Gasteiger partial charge in [-0.2, -0.15) is 8.42 Å². The second kappa shape index (κ2) is 5.10. The molecule has 0 aliphatic carbocycles. The predicted molar refractivity (Wildman–Crippen MR) is 90.9 cm³/mol. The minimum atomic E-state index is -3.78. The summed E-state index contributed by atoms with van der Waals surface area (Å²) in [5.41, 5.74) is 1.83. The summed E-state index contributed by atoms with van der Waals surface area (Å²) in [6.45, 7) is 0. The molecule has 1 aromatic heterocycles. The van der Waals surface area contributed by atoms with Gasteiger partial charge in [0.1, 0.15) is 0 Å². The van der Waals surface area contributed by atoms with Crippen molar-refractivity contribution in [1.29, 1.82) is 0 Å². The smallest absolute Gasteiger partial charge is 0.295 e. The molecule has 4 rings (SSSR count). The van der Waals surface area contributed by atoms with Crippen molar-refractivity contribution >= 4 is 37.5 Å². The lowest BCUT2D eigenvalue weighted by Crippen LogP contribution is -2.14. The van der Waals surface area contributed by atoms with Crippen molar-refractivity contribution < 1.29 is 8.42 Å². The largest absolute Gasteiger partial charge is 0.327 e. The lowest BCUT2D eigenvalue weighted by molar-refractivity contribution is 0.594. The molecule has 0 amide bonds. The quantitative estimate of drug-likeness (QED) is 0.606. The summed E-state index contributed by atoms with van der Waals surface area (Å²) in [4.78, 5) is 7.00. The SMILES string of the molecule is O=S(=O)(Nc1cccc2ccccc12)c1nc2ccccc2[nH]1. The van der Waals surface area contributed by atoms with Gasteiger partial charge in [-0.1, -0.05) is 48.5 Å².